The molecule has 1 aromatic heterocycles. The second-order valence-electron chi connectivity index (χ2n) is 3.11. The molecule has 0 saturated heterocycles. The monoisotopic (exact) mass is 278 g/mol. The van der Waals surface area contributed by atoms with Crippen LogP contribution < -0.4 is 0 Å². The fraction of sp³-hybridized carbons (Fsp3) is 0. The van der Waals surface area contributed by atoms with Gasteiger partial charge in [-0.2, -0.15) is 17.6 Å². The van der Waals surface area contributed by atoms with E-state index in [0.717, 1.165) is 24.5 Å². The first-order valence-electron chi connectivity index (χ1n) is 4.32. The number of rotatable bonds is 2. The Kier molecular flexibility index (Phi) is 2.88. The molecule has 90 valence electrons. The Morgan fingerprint density at radius 1 is 1.29 bits per heavy atom. The summed E-state index contributed by atoms with van der Waals surface area (Å²) in [5, 5.41) is 3.56. The Hall–Kier alpha value is -1.47. The summed E-state index contributed by atoms with van der Waals surface area (Å²) in [4.78, 5) is -0.668. The molecular weight excluding hydrogens is 274 g/mol. The van der Waals surface area contributed by atoms with Gasteiger partial charge in [-0.25, -0.2) is 8.78 Å². The SMILES string of the molecule is O=S(=O)(c1ccc(F)cc1F)n1cc(Cl)cn1. The van der Waals surface area contributed by atoms with E-state index in [9.17, 15) is 17.2 Å². The lowest BCUT2D eigenvalue weighted by atomic mass is 10.3. The minimum absolute atomic E-state index is 0.0936. The lowest BCUT2D eigenvalue weighted by Gasteiger charge is -2.04. The van der Waals surface area contributed by atoms with Gasteiger partial charge in [0.15, 0.2) is 0 Å². The highest BCUT2D eigenvalue weighted by atomic mass is 35.5. The minimum Gasteiger partial charge on any atom is -0.207 e. The van der Waals surface area contributed by atoms with Crippen LogP contribution in [-0.4, -0.2) is 17.6 Å². The average molecular weight is 279 g/mol. The van der Waals surface area contributed by atoms with Crippen LogP contribution in [0, 0.1) is 11.6 Å². The van der Waals surface area contributed by atoms with Gasteiger partial charge >= 0.3 is 0 Å². The predicted octanol–water partition coefficient (Wildman–Crippen LogP) is 2.05. The van der Waals surface area contributed by atoms with Crippen LogP contribution in [0.25, 0.3) is 0 Å². The Bertz CT molecular complexity index is 669. The van der Waals surface area contributed by atoms with Gasteiger partial charge in [-0.15, -0.1) is 0 Å². The zero-order valence-electron chi connectivity index (χ0n) is 8.14. The molecule has 1 aromatic carbocycles. The molecule has 0 aliphatic rings. The van der Waals surface area contributed by atoms with E-state index in [-0.39, 0.29) is 5.02 Å². The molecule has 1 heterocycles. The molecule has 0 amide bonds. The zero-order chi connectivity index (χ0) is 12.6. The van der Waals surface area contributed by atoms with Gasteiger partial charge < -0.3 is 0 Å². The molecular formula is C9H5ClF2N2O2S. The molecule has 17 heavy (non-hydrogen) atoms. The predicted molar refractivity (Wildman–Crippen MR) is 56.2 cm³/mol. The highest BCUT2D eigenvalue weighted by Crippen LogP contribution is 2.19. The van der Waals surface area contributed by atoms with Crippen LogP contribution in [0.1, 0.15) is 0 Å². The van der Waals surface area contributed by atoms with E-state index in [4.69, 9.17) is 11.6 Å². The molecule has 0 fully saturated rings. The summed E-state index contributed by atoms with van der Waals surface area (Å²) in [6.45, 7) is 0. The third-order valence-electron chi connectivity index (χ3n) is 1.95. The van der Waals surface area contributed by atoms with Crippen LogP contribution >= 0.6 is 11.6 Å². The van der Waals surface area contributed by atoms with Crippen molar-refractivity contribution in [2.75, 3.05) is 0 Å². The van der Waals surface area contributed by atoms with Crippen molar-refractivity contribution >= 4 is 21.6 Å². The summed E-state index contributed by atoms with van der Waals surface area (Å²) >= 11 is 5.52. The van der Waals surface area contributed by atoms with Crippen molar-refractivity contribution < 1.29 is 17.2 Å². The fourth-order valence-electron chi connectivity index (χ4n) is 1.20. The minimum atomic E-state index is -4.19. The average Bonchev–Trinajstić information content (AvgIpc) is 2.64. The van der Waals surface area contributed by atoms with Gasteiger partial charge in [0.05, 0.1) is 17.4 Å². The third kappa shape index (κ3) is 2.16. The summed E-state index contributed by atoms with van der Waals surface area (Å²) < 4.78 is 50.2. The van der Waals surface area contributed by atoms with Crippen molar-refractivity contribution in [1.82, 2.24) is 9.19 Å². The van der Waals surface area contributed by atoms with E-state index in [1.807, 2.05) is 0 Å². The highest BCUT2D eigenvalue weighted by Gasteiger charge is 2.22. The molecule has 0 N–H and O–H groups in total. The molecule has 0 bridgehead atoms. The lowest BCUT2D eigenvalue weighted by Crippen LogP contribution is -2.15. The van der Waals surface area contributed by atoms with Crippen molar-refractivity contribution in [2.24, 2.45) is 0 Å². The quantitative estimate of drug-likeness (QED) is 0.845. The van der Waals surface area contributed by atoms with Gasteiger partial charge in [-0.1, -0.05) is 11.6 Å². The zero-order valence-corrected chi connectivity index (χ0v) is 9.71. The molecule has 0 radical (unpaired) electrons. The summed E-state index contributed by atoms with van der Waals surface area (Å²) in [7, 11) is -4.19. The molecule has 8 heteroatoms. The third-order valence-corrected chi connectivity index (χ3v) is 3.72. The first kappa shape index (κ1) is 12.0. The van der Waals surface area contributed by atoms with Crippen molar-refractivity contribution in [3.05, 3.63) is 47.2 Å². The lowest BCUT2D eigenvalue weighted by molar-refractivity contribution is 0.542. The second-order valence-corrected chi connectivity index (χ2v) is 5.31. The van der Waals surface area contributed by atoms with E-state index in [1.54, 1.807) is 0 Å². The number of halogens is 3. The van der Waals surface area contributed by atoms with Gasteiger partial charge in [0.1, 0.15) is 16.5 Å². The maximum absolute atomic E-state index is 13.3. The van der Waals surface area contributed by atoms with E-state index in [2.05, 4.69) is 5.10 Å². The number of benzene rings is 1. The summed E-state index contributed by atoms with van der Waals surface area (Å²) in [5.41, 5.74) is 0. The van der Waals surface area contributed by atoms with Gasteiger partial charge in [-0.3, -0.25) is 0 Å². The number of hydrogen-bond acceptors (Lipinski definition) is 3. The summed E-state index contributed by atoms with van der Waals surface area (Å²) in [6, 6.07) is 2.16. The molecule has 4 nitrogen and oxygen atoms in total. The molecule has 0 unspecified atom stereocenters. The smallest absolute Gasteiger partial charge is 0.207 e. The highest BCUT2D eigenvalue weighted by molar-refractivity contribution is 7.89. The van der Waals surface area contributed by atoms with Gasteiger partial charge in [0, 0.05) is 6.07 Å². The molecule has 0 aliphatic carbocycles. The summed E-state index contributed by atoms with van der Waals surface area (Å²) in [5.74, 6) is -2.04. The van der Waals surface area contributed by atoms with Crippen LogP contribution in [0.15, 0.2) is 35.5 Å². The van der Waals surface area contributed by atoms with Gasteiger partial charge in [-0.05, 0) is 12.1 Å². The largest absolute Gasteiger partial charge is 0.285 e. The number of hydrogen-bond donors (Lipinski definition) is 0. The standard InChI is InChI=1S/C9H5ClF2N2O2S/c10-6-4-13-14(5-6)17(15,16)9-2-1-7(11)3-8(9)12/h1-5H. The maximum atomic E-state index is 13.3. The Morgan fingerprint density at radius 3 is 2.53 bits per heavy atom. The summed E-state index contributed by atoms with van der Waals surface area (Å²) in [6.07, 6.45) is 2.11. The van der Waals surface area contributed by atoms with Gasteiger partial charge in [0.25, 0.3) is 10.0 Å². The molecule has 2 rings (SSSR count). The first-order chi connectivity index (χ1) is 7.91. The molecule has 0 spiro atoms. The van der Waals surface area contributed by atoms with E-state index >= 15 is 0 Å². The van der Waals surface area contributed by atoms with Crippen LogP contribution in [0.3, 0.4) is 0 Å². The Balaban J connectivity index is 2.60. The van der Waals surface area contributed by atoms with Crippen LogP contribution in [0.5, 0.6) is 0 Å². The van der Waals surface area contributed by atoms with E-state index < -0.39 is 26.6 Å². The maximum Gasteiger partial charge on any atom is 0.285 e. The molecule has 2 aromatic rings. The molecule has 0 saturated carbocycles. The number of nitrogens with zero attached hydrogens (tertiary/aromatic N) is 2. The topological polar surface area (TPSA) is 52.0 Å². The number of aromatic nitrogens is 2. The molecule has 0 aliphatic heterocycles. The Morgan fingerprint density at radius 2 is 2.00 bits per heavy atom. The van der Waals surface area contributed by atoms with Crippen molar-refractivity contribution in [2.45, 2.75) is 4.90 Å². The van der Waals surface area contributed by atoms with Crippen LogP contribution in [-0.2, 0) is 10.0 Å². The van der Waals surface area contributed by atoms with Crippen molar-refractivity contribution in [3.8, 4) is 0 Å². The van der Waals surface area contributed by atoms with Crippen LogP contribution in [0.2, 0.25) is 5.02 Å². The normalized spacial score (nSPS) is 11.7. The second kappa shape index (κ2) is 4.08. The Labute approximate surface area is 100 Å². The van der Waals surface area contributed by atoms with Crippen molar-refractivity contribution in [1.29, 1.82) is 0 Å². The van der Waals surface area contributed by atoms with Crippen LogP contribution in [0.4, 0.5) is 8.78 Å². The van der Waals surface area contributed by atoms with E-state index in [1.165, 1.54) is 0 Å². The fourth-order valence-corrected chi connectivity index (χ4v) is 2.57. The van der Waals surface area contributed by atoms with Crippen molar-refractivity contribution in [3.63, 3.8) is 0 Å². The van der Waals surface area contributed by atoms with Gasteiger partial charge in [0.2, 0.25) is 0 Å². The molecule has 0 atom stereocenters. The first-order valence-corrected chi connectivity index (χ1v) is 6.14. The van der Waals surface area contributed by atoms with E-state index in [0.29, 0.717) is 10.2 Å².